The third-order valence-electron chi connectivity index (χ3n) is 3.65. The molecule has 4 unspecified atom stereocenters. The smallest absolute Gasteiger partial charge is 0.327 e. The van der Waals surface area contributed by atoms with E-state index >= 15 is 0 Å². The normalized spacial score (nSPS) is 15.1. The number of hydrogen-bond acceptors (Lipinski definition) is 8. The van der Waals surface area contributed by atoms with E-state index in [2.05, 4.69) is 28.6 Å². The largest absolute Gasteiger partial charge is 0.481 e. The third-order valence-corrected chi connectivity index (χ3v) is 4.01. The van der Waals surface area contributed by atoms with Gasteiger partial charge in [-0.15, -0.1) is 0 Å². The van der Waals surface area contributed by atoms with E-state index in [0.29, 0.717) is 0 Å². The average molecular weight is 422 g/mol. The highest BCUT2D eigenvalue weighted by molar-refractivity contribution is 7.80. The summed E-state index contributed by atoms with van der Waals surface area (Å²) >= 11 is 3.77. The highest BCUT2D eigenvalue weighted by Gasteiger charge is 2.31. The van der Waals surface area contributed by atoms with E-state index in [1.54, 1.807) is 13.8 Å². The molecular weight excluding hydrogens is 396 g/mol. The molecule has 0 aliphatic heterocycles. The first-order valence-corrected chi connectivity index (χ1v) is 8.90. The molecule has 0 aromatic carbocycles. The number of carboxylic acid groups (broad SMARTS) is 2. The lowest BCUT2D eigenvalue weighted by atomic mass is 10.0. The number of nitrogens with two attached hydrogens (primary N) is 1. The van der Waals surface area contributed by atoms with E-state index in [-0.39, 0.29) is 11.7 Å². The van der Waals surface area contributed by atoms with Gasteiger partial charge in [0.25, 0.3) is 0 Å². The van der Waals surface area contributed by atoms with Gasteiger partial charge in [-0.25, -0.2) is 4.79 Å². The fourth-order valence-corrected chi connectivity index (χ4v) is 2.13. The first-order valence-electron chi connectivity index (χ1n) is 8.27. The van der Waals surface area contributed by atoms with Crippen molar-refractivity contribution in [2.75, 3.05) is 12.4 Å². The van der Waals surface area contributed by atoms with Gasteiger partial charge >= 0.3 is 11.9 Å². The maximum atomic E-state index is 12.3. The number of nitrogens with one attached hydrogen (secondary N) is 3. The van der Waals surface area contributed by atoms with Gasteiger partial charge in [-0.2, -0.15) is 12.6 Å². The van der Waals surface area contributed by atoms with Crippen molar-refractivity contribution in [2.45, 2.75) is 44.4 Å². The molecule has 0 aliphatic rings. The van der Waals surface area contributed by atoms with Gasteiger partial charge < -0.3 is 37.0 Å². The molecule has 12 nitrogen and oxygen atoms in total. The second-order valence-electron chi connectivity index (χ2n) is 6.25. The lowest BCUT2D eigenvalue weighted by molar-refractivity contribution is -0.143. The number of aliphatic carboxylic acids is 2. The molecule has 0 rings (SSSR count). The summed E-state index contributed by atoms with van der Waals surface area (Å²) in [7, 11) is 0. The zero-order chi connectivity index (χ0) is 22.0. The Hall–Kier alpha value is -2.38. The first kappa shape index (κ1) is 25.6. The van der Waals surface area contributed by atoms with Crippen LogP contribution in [0.25, 0.3) is 0 Å². The number of aliphatic hydroxyl groups is 1. The summed E-state index contributed by atoms with van der Waals surface area (Å²) in [6.45, 7) is 2.42. The summed E-state index contributed by atoms with van der Waals surface area (Å²) in [5, 5.41) is 33.5. The zero-order valence-electron chi connectivity index (χ0n) is 15.4. The van der Waals surface area contributed by atoms with Crippen LogP contribution in [-0.4, -0.2) is 81.5 Å². The van der Waals surface area contributed by atoms with Crippen molar-refractivity contribution in [2.24, 2.45) is 11.7 Å². The van der Waals surface area contributed by atoms with Crippen LogP contribution in [0.15, 0.2) is 0 Å². The fraction of sp³-hybridized carbons (Fsp3) is 0.667. The molecule has 160 valence electrons. The molecule has 0 spiro atoms. The molecule has 0 fully saturated rings. The zero-order valence-corrected chi connectivity index (χ0v) is 16.3. The van der Waals surface area contributed by atoms with Crippen molar-refractivity contribution >= 4 is 42.3 Å². The van der Waals surface area contributed by atoms with Gasteiger partial charge in [-0.05, 0) is 5.92 Å². The van der Waals surface area contributed by atoms with Crippen LogP contribution in [0.3, 0.4) is 0 Å². The van der Waals surface area contributed by atoms with Crippen LogP contribution < -0.4 is 21.7 Å². The van der Waals surface area contributed by atoms with Crippen LogP contribution in [0.2, 0.25) is 0 Å². The van der Waals surface area contributed by atoms with E-state index in [4.69, 9.17) is 15.9 Å². The predicted molar refractivity (Wildman–Crippen MR) is 99.4 cm³/mol. The minimum atomic E-state index is -1.57. The number of carbonyl (C=O) groups excluding carboxylic acids is 3. The molecule has 0 heterocycles. The summed E-state index contributed by atoms with van der Waals surface area (Å²) in [6, 6.07) is -5.48. The fourth-order valence-electron chi connectivity index (χ4n) is 1.88. The van der Waals surface area contributed by atoms with E-state index in [1.807, 2.05) is 0 Å². The number of rotatable bonds is 12. The van der Waals surface area contributed by atoms with E-state index < -0.39 is 66.9 Å². The number of carboxylic acids is 2. The Morgan fingerprint density at radius 2 is 1.36 bits per heavy atom. The molecule has 4 atom stereocenters. The minimum Gasteiger partial charge on any atom is -0.481 e. The van der Waals surface area contributed by atoms with Crippen LogP contribution in [0.5, 0.6) is 0 Å². The minimum absolute atomic E-state index is 0.238. The van der Waals surface area contributed by atoms with Crippen molar-refractivity contribution in [3.63, 3.8) is 0 Å². The third kappa shape index (κ3) is 8.54. The Balaban J connectivity index is 5.19. The Morgan fingerprint density at radius 3 is 1.75 bits per heavy atom. The summed E-state index contributed by atoms with van der Waals surface area (Å²) in [5.41, 5.74) is 5.66. The Labute approximate surface area is 166 Å². The highest BCUT2D eigenvalue weighted by atomic mass is 32.1. The van der Waals surface area contributed by atoms with Gasteiger partial charge in [-0.1, -0.05) is 13.8 Å². The van der Waals surface area contributed by atoms with Crippen LogP contribution in [-0.2, 0) is 24.0 Å². The quantitative estimate of drug-likeness (QED) is 0.150. The molecule has 13 heteroatoms. The van der Waals surface area contributed by atoms with E-state index in [1.165, 1.54) is 0 Å². The lowest BCUT2D eigenvalue weighted by Gasteiger charge is -2.24. The van der Waals surface area contributed by atoms with Crippen molar-refractivity contribution < 1.29 is 39.3 Å². The SMILES string of the molecule is CC(C)C(N)C(=O)NC(CC(=O)O)C(=O)NC(CO)C(=O)NC(CS)C(=O)O. The number of thiol groups is 1. The second-order valence-corrected chi connectivity index (χ2v) is 6.62. The molecule has 0 aliphatic carbocycles. The molecule has 0 aromatic rings. The number of amides is 3. The van der Waals surface area contributed by atoms with Crippen molar-refractivity contribution in [1.29, 1.82) is 0 Å². The molecule has 28 heavy (non-hydrogen) atoms. The number of carbonyl (C=O) groups is 5. The van der Waals surface area contributed by atoms with E-state index in [0.717, 1.165) is 0 Å². The van der Waals surface area contributed by atoms with Crippen molar-refractivity contribution in [3.8, 4) is 0 Å². The van der Waals surface area contributed by atoms with Gasteiger partial charge in [0.1, 0.15) is 18.1 Å². The maximum Gasteiger partial charge on any atom is 0.327 e. The average Bonchev–Trinajstić information content (AvgIpc) is 2.61. The maximum absolute atomic E-state index is 12.3. The topological polar surface area (TPSA) is 208 Å². The Morgan fingerprint density at radius 1 is 0.893 bits per heavy atom. The molecule has 0 saturated carbocycles. The Bertz CT molecular complexity index is 601. The van der Waals surface area contributed by atoms with Gasteiger partial charge in [0.15, 0.2) is 0 Å². The van der Waals surface area contributed by atoms with Gasteiger partial charge in [0.2, 0.25) is 17.7 Å². The molecule has 3 amide bonds. The monoisotopic (exact) mass is 422 g/mol. The lowest BCUT2D eigenvalue weighted by Crippen LogP contribution is -2.59. The predicted octanol–water partition coefficient (Wildman–Crippen LogP) is -3.09. The van der Waals surface area contributed by atoms with Crippen LogP contribution in [0, 0.1) is 5.92 Å². The second kappa shape index (κ2) is 12.2. The molecule has 0 radical (unpaired) electrons. The standard InChI is InChI=1S/C15H26N4O8S/c1-6(2)11(16)14(25)17-7(3-10(21)22)12(23)18-8(4-20)13(24)19-9(5-28)15(26)27/h6-9,11,20,28H,3-5,16H2,1-2H3,(H,17,25)(H,18,23)(H,19,24)(H,21,22)(H,26,27). The first-order chi connectivity index (χ1) is 12.9. The van der Waals surface area contributed by atoms with Crippen LogP contribution in [0.1, 0.15) is 20.3 Å². The van der Waals surface area contributed by atoms with Crippen molar-refractivity contribution in [3.05, 3.63) is 0 Å². The van der Waals surface area contributed by atoms with Gasteiger partial charge in [0.05, 0.1) is 19.1 Å². The number of hydrogen-bond donors (Lipinski definition) is 8. The van der Waals surface area contributed by atoms with E-state index in [9.17, 15) is 29.1 Å². The summed E-state index contributed by atoms with van der Waals surface area (Å²) in [4.78, 5) is 58.3. The highest BCUT2D eigenvalue weighted by Crippen LogP contribution is 2.02. The van der Waals surface area contributed by atoms with Gasteiger partial charge in [-0.3, -0.25) is 19.2 Å². The molecule has 0 saturated heterocycles. The summed E-state index contributed by atoms with van der Waals surface area (Å²) in [6.07, 6.45) is -0.795. The summed E-state index contributed by atoms with van der Waals surface area (Å²) < 4.78 is 0. The molecule has 0 aromatic heterocycles. The Kier molecular flexibility index (Phi) is 11.1. The number of aliphatic hydroxyl groups excluding tert-OH is 1. The molecule has 8 N–H and O–H groups in total. The molecule has 0 bridgehead atoms. The van der Waals surface area contributed by atoms with Crippen LogP contribution in [0.4, 0.5) is 0 Å². The molecular formula is C15H26N4O8S. The summed E-state index contributed by atoms with van der Waals surface area (Å²) in [5.74, 6) is -6.12. The van der Waals surface area contributed by atoms with Crippen LogP contribution >= 0.6 is 12.6 Å². The van der Waals surface area contributed by atoms with Crippen molar-refractivity contribution in [1.82, 2.24) is 16.0 Å². The van der Waals surface area contributed by atoms with Gasteiger partial charge in [0, 0.05) is 5.75 Å².